The predicted molar refractivity (Wildman–Crippen MR) is 75.8 cm³/mol. The highest BCUT2D eigenvalue weighted by Crippen LogP contribution is 2.21. The molecule has 102 valence electrons. The summed E-state index contributed by atoms with van der Waals surface area (Å²) in [5.74, 6) is -0.111. The molecule has 0 aliphatic heterocycles. The number of nitrogens with zero attached hydrogens (tertiary/aromatic N) is 1. The summed E-state index contributed by atoms with van der Waals surface area (Å²) in [6, 6.07) is 13.2. The fraction of sp³-hybridized carbons (Fsp3) is 0.0714. The average Bonchev–Trinajstić information content (AvgIpc) is 2.80. The molecule has 0 fully saturated rings. The lowest BCUT2D eigenvalue weighted by Gasteiger charge is -2.00. The first-order valence-corrected chi connectivity index (χ1v) is 7.62. The Morgan fingerprint density at radius 1 is 1.10 bits per heavy atom. The number of anilines is 1. The molecule has 20 heavy (non-hydrogen) atoms. The Bertz CT molecular complexity index is 855. The maximum atomic E-state index is 12.2. The molecule has 5 nitrogen and oxygen atoms in total. The van der Waals surface area contributed by atoms with E-state index < -0.39 is 9.84 Å². The minimum atomic E-state index is -3.46. The molecule has 0 radical (unpaired) electrons. The fourth-order valence-corrected chi connectivity index (χ4v) is 3.11. The Morgan fingerprint density at radius 2 is 1.85 bits per heavy atom. The van der Waals surface area contributed by atoms with Crippen LogP contribution in [0.1, 0.15) is 5.89 Å². The van der Waals surface area contributed by atoms with Crippen LogP contribution in [0, 0.1) is 0 Å². The van der Waals surface area contributed by atoms with Crippen molar-refractivity contribution >= 4 is 26.6 Å². The van der Waals surface area contributed by atoms with Gasteiger partial charge in [0.2, 0.25) is 5.89 Å². The van der Waals surface area contributed by atoms with Gasteiger partial charge >= 0.3 is 0 Å². The summed E-state index contributed by atoms with van der Waals surface area (Å²) in [7, 11) is -3.46. The van der Waals surface area contributed by atoms with E-state index >= 15 is 0 Å². The van der Waals surface area contributed by atoms with Gasteiger partial charge in [0.1, 0.15) is 11.3 Å². The van der Waals surface area contributed by atoms with Gasteiger partial charge in [-0.2, -0.15) is 0 Å². The standard InChI is InChI=1S/C14H12N2O3S/c15-10-6-7-13-12(8-10)16-14(19-13)9-20(17,18)11-4-2-1-3-5-11/h1-8H,9,15H2. The van der Waals surface area contributed by atoms with E-state index in [0.717, 1.165) is 0 Å². The number of fused-ring (bicyclic) bond motifs is 1. The van der Waals surface area contributed by atoms with Crippen LogP contribution in [0.15, 0.2) is 57.8 Å². The van der Waals surface area contributed by atoms with Crippen molar-refractivity contribution in [2.45, 2.75) is 10.6 Å². The first-order chi connectivity index (χ1) is 9.54. The number of nitrogen functional groups attached to an aromatic ring is 1. The van der Waals surface area contributed by atoms with Crippen LogP contribution in [-0.2, 0) is 15.6 Å². The van der Waals surface area contributed by atoms with E-state index in [9.17, 15) is 8.42 Å². The van der Waals surface area contributed by atoms with Crippen LogP contribution >= 0.6 is 0 Å². The molecule has 3 aromatic rings. The number of nitrogens with two attached hydrogens (primary N) is 1. The molecule has 0 saturated carbocycles. The third kappa shape index (κ3) is 2.37. The molecule has 0 bridgehead atoms. The summed E-state index contributed by atoms with van der Waals surface area (Å²) >= 11 is 0. The molecule has 0 saturated heterocycles. The highest BCUT2D eigenvalue weighted by Gasteiger charge is 2.18. The van der Waals surface area contributed by atoms with Gasteiger partial charge in [-0.15, -0.1) is 0 Å². The molecular formula is C14H12N2O3S. The van der Waals surface area contributed by atoms with Crippen molar-refractivity contribution in [3.63, 3.8) is 0 Å². The second-order valence-electron chi connectivity index (χ2n) is 4.41. The molecular weight excluding hydrogens is 276 g/mol. The predicted octanol–water partition coefficient (Wildman–Crippen LogP) is 2.38. The van der Waals surface area contributed by atoms with E-state index in [0.29, 0.717) is 16.8 Å². The van der Waals surface area contributed by atoms with Gasteiger partial charge in [0.15, 0.2) is 15.4 Å². The van der Waals surface area contributed by atoms with Crippen molar-refractivity contribution in [1.29, 1.82) is 0 Å². The third-order valence-electron chi connectivity index (χ3n) is 2.87. The molecule has 3 rings (SSSR count). The van der Waals surface area contributed by atoms with Crippen LogP contribution in [0.5, 0.6) is 0 Å². The van der Waals surface area contributed by atoms with Gasteiger partial charge in [0.05, 0.1) is 4.90 Å². The molecule has 0 atom stereocenters. The number of hydrogen-bond donors (Lipinski definition) is 1. The molecule has 2 N–H and O–H groups in total. The molecule has 0 spiro atoms. The molecule has 2 aromatic carbocycles. The molecule has 1 aromatic heterocycles. The fourth-order valence-electron chi connectivity index (χ4n) is 1.93. The lowest BCUT2D eigenvalue weighted by molar-refractivity contribution is 0.540. The zero-order chi connectivity index (χ0) is 14.2. The van der Waals surface area contributed by atoms with E-state index in [4.69, 9.17) is 10.2 Å². The third-order valence-corrected chi connectivity index (χ3v) is 4.49. The molecule has 0 unspecified atom stereocenters. The second-order valence-corrected chi connectivity index (χ2v) is 6.40. The largest absolute Gasteiger partial charge is 0.440 e. The number of benzene rings is 2. The summed E-state index contributed by atoms with van der Waals surface area (Å²) in [6.45, 7) is 0. The smallest absolute Gasteiger partial charge is 0.211 e. The second kappa shape index (κ2) is 4.64. The maximum Gasteiger partial charge on any atom is 0.211 e. The highest BCUT2D eigenvalue weighted by atomic mass is 32.2. The number of hydrogen-bond acceptors (Lipinski definition) is 5. The van der Waals surface area contributed by atoms with E-state index in [1.165, 1.54) is 0 Å². The summed E-state index contributed by atoms with van der Waals surface area (Å²) in [6.07, 6.45) is 0. The van der Waals surface area contributed by atoms with Crippen molar-refractivity contribution in [3.8, 4) is 0 Å². The number of oxazole rings is 1. The Labute approximate surface area is 116 Å². The van der Waals surface area contributed by atoms with Crippen molar-refractivity contribution in [2.75, 3.05) is 5.73 Å². The summed E-state index contributed by atoms with van der Waals surface area (Å²) < 4.78 is 29.9. The summed E-state index contributed by atoms with van der Waals surface area (Å²) in [4.78, 5) is 4.41. The quantitative estimate of drug-likeness (QED) is 0.748. The van der Waals surface area contributed by atoms with Gasteiger partial charge in [-0.05, 0) is 30.3 Å². The van der Waals surface area contributed by atoms with Crippen LogP contribution in [0.2, 0.25) is 0 Å². The van der Waals surface area contributed by atoms with Crippen LogP contribution < -0.4 is 5.73 Å². The maximum absolute atomic E-state index is 12.2. The first-order valence-electron chi connectivity index (χ1n) is 5.97. The van der Waals surface area contributed by atoms with Crippen LogP contribution in [0.3, 0.4) is 0 Å². The van der Waals surface area contributed by atoms with Crippen LogP contribution in [0.25, 0.3) is 11.1 Å². The number of rotatable bonds is 3. The van der Waals surface area contributed by atoms with Gasteiger partial charge < -0.3 is 10.2 Å². The van der Waals surface area contributed by atoms with Gasteiger partial charge in [-0.1, -0.05) is 18.2 Å². The molecule has 0 aliphatic rings. The van der Waals surface area contributed by atoms with Gasteiger partial charge in [0, 0.05) is 5.69 Å². The van der Waals surface area contributed by atoms with Crippen molar-refractivity contribution in [1.82, 2.24) is 4.98 Å². The molecule has 0 amide bonds. The highest BCUT2D eigenvalue weighted by molar-refractivity contribution is 7.90. The lowest BCUT2D eigenvalue weighted by atomic mass is 10.3. The summed E-state index contributed by atoms with van der Waals surface area (Å²) in [5, 5.41) is 0. The number of aromatic nitrogens is 1. The molecule has 6 heteroatoms. The van der Waals surface area contributed by atoms with E-state index in [-0.39, 0.29) is 16.5 Å². The van der Waals surface area contributed by atoms with Crippen LogP contribution in [-0.4, -0.2) is 13.4 Å². The zero-order valence-electron chi connectivity index (χ0n) is 10.5. The Kier molecular flexibility index (Phi) is 2.94. The van der Waals surface area contributed by atoms with Crippen molar-refractivity contribution in [3.05, 3.63) is 54.4 Å². The van der Waals surface area contributed by atoms with E-state index in [2.05, 4.69) is 4.98 Å². The Morgan fingerprint density at radius 3 is 2.60 bits per heavy atom. The van der Waals surface area contributed by atoms with Crippen molar-refractivity contribution in [2.24, 2.45) is 0 Å². The minimum absolute atomic E-state index is 0.162. The molecule has 0 aliphatic carbocycles. The van der Waals surface area contributed by atoms with Crippen molar-refractivity contribution < 1.29 is 12.8 Å². The van der Waals surface area contributed by atoms with Crippen LogP contribution in [0.4, 0.5) is 5.69 Å². The van der Waals surface area contributed by atoms with Gasteiger partial charge in [-0.25, -0.2) is 13.4 Å². The average molecular weight is 288 g/mol. The normalized spacial score (nSPS) is 11.8. The van der Waals surface area contributed by atoms with Gasteiger partial charge in [-0.3, -0.25) is 0 Å². The minimum Gasteiger partial charge on any atom is -0.440 e. The van der Waals surface area contributed by atoms with E-state index in [1.54, 1.807) is 48.5 Å². The SMILES string of the molecule is Nc1ccc2oc(CS(=O)(=O)c3ccccc3)nc2c1. The summed E-state index contributed by atoms with van der Waals surface area (Å²) in [5.41, 5.74) is 7.29. The van der Waals surface area contributed by atoms with E-state index in [1.807, 2.05) is 0 Å². The Hall–Kier alpha value is -2.34. The lowest BCUT2D eigenvalue weighted by Crippen LogP contribution is -2.04. The topological polar surface area (TPSA) is 86.2 Å². The zero-order valence-corrected chi connectivity index (χ0v) is 11.3. The molecule has 1 heterocycles. The van der Waals surface area contributed by atoms with Gasteiger partial charge in [0.25, 0.3) is 0 Å². The first kappa shape index (κ1) is 12.7. The number of sulfone groups is 1. The monoisotopic (exact) mass is 288 g/mol. The Balaban J connectivity index is 1.97.